The number of hydrogen-bond acceptors (Lipinski definition) is 4. The molecule has 1 aliphatic heterocycles. The first-order valence-electron chi connectivity index (χ1n) is 12.7. The minimum absolute atomic E-state index is 0.862. The monoisotopic (exact) mass is 457 g/mol. The highest BCUT2D eigenvalue weighted by molar-refractivity contribution is 5.55. The Kier molecular flexibility index (Phi) is 7.96. The average molecular weight is 458 g/mol. The second-order valence-electron chi connectivity index (χ2n) is 9.55. The van der Waals surface area contributed by atoms with Crippen LogP contribution in [0.2, 0.25) is 0 Å². The highest BCUT2D eigenvalue weighted by atomic mass is 15.3. The van der Waals surface area contributed by atoms with Crippen LogP contribution in [0.1, 0.15) is 54.0 Å². The molecule has 0 spiro atoms. The number of nitrogens with zero attached hydrogens (tertiary/aromatic N) is 5. The molecule has 1 aromatic carbocycles. The molecular weight excluding hydrogens is 418 g/mol. The third-order valence-corrected chi connectivity index (χ3v) is 6.86. The lowest BCUT2D eigenvalue weighted by molar-refractivity contribution is 0.151. The summed E-state index contributed by atoms with van der Waals surface area (Å²) >= 11 is 0. The summed E-state index contributed by atoms with van der Waals surface area (Å²) in [6.45, 7) is 19.3. The Labute approximate surface area is 204 Å². The van der Waals surface area contributed by atoms with Gasteiger partial charge in [0, 0.05) is 62.6 Å². The van der Waals surface area contributed by atoms with Gasteiger partial charge in [-0.15, -0.1) is 0 Å². The number of aromatic nitrogens is 3. The van der Waals surface area contributed by atoms with Gasteiger partial charge in [-0.25, -0.2) is 9.50 Å². The predicted octanol–water partition coefficient (Wildman–Crippen LogP) is 5.10. The highest BCUT2D eigenvalue weighted by Crippen LogP contribution is 2.21. The maximum absolute atomic E-state index is 4.82. The molecule has 0 radical (unpaired) electrons. The molecule has 34 heavy (non-hydrogen) atoms. The van der Waals surface area contributed by atoms with Crippen LogP contribution < -0.4 is 0 Å². The van der Waals surface area contributed by atoms with E-state index in [0.29, 0.717) is 0 Å². The Morgan fingerprint density at radius 1 is 1.03 bits per heavy atom. The van der Waals surface area contributed by atoms with Gasteiger partial charge in [0.2, 0.25) is 0 Å². The predicted molar refractivity (Wildman–Crippen MR) is 142 cm³/mol. The molecule has 0 unspecified atom stereocenters. The molecule has 0 amide bonds. The van der Waals surface area contributed by atoms with Crippen molar-refractivity contribution in [3.05, 3.63) is 82.3 Å². The Morgan fingerprint density at radius 2 is 1.74 bits per heavy atom. The molecular formula is C29H39N5. The summed E-state index contributed by atoms with van der Waals surface area (Å²) < 4.78 is 2.00. The van der Waals surface area contributed by atoms with Crippen LogP contribution >= 0.6 is 0 Å². The van der Waals surface area contributed by atoms with Crippen molar-refractivity contribution in [3.8, 4) is 0 Å². The summed E-state index contributed by atoms with van der Waals surface area (Å²) in [6.07, 6.45) is 7.40. The van der Waals surface area contributed by atoms with Crippen LogP contribution in [0.3, 0.4) is 0 Å². The number of fused-ring (bicyclic) bond motifs is 1. The van der Waals surface area contributed by atoms with Crippen molar-refractivity contribution in [2.24, 2.45) is 0 Å². The van der Waals surface area contributed by atoms with Crippen LogP contribution in [0, 0.1) is 13.8 Å². The van der Waals surface area contributed by atoms with Gasteiger partial charge in [0.15, 0.2) is 5.65 Å². The van der Waals surface area contributed by atoms with Gasteiger partial charge in [-0.05, 0) is 43.9 Å². The number of rotatable bonds is 9. The third-order valence-electron chi connectivity index (χ3n) is 6.86. The van der Waals surface area contributed by atoms with Gasteiger partial charge in [-0.3, -0.25) is 9.80 Å². The molecule has 1 aliphatic rings. The van der Waals surface area contributed by atoms with Crippen molar-refractivity contribution in [1.29, 1.82) is 0 Å². The van der Waals surface area contributed by atoms with E-state index in [1.807, 2.05) is 4.52 Å². The van der Waals surface area contributed by atoms with E-state index in [1.54, 1.807) is 0 Å². The maximum Gasteiger partial charge on any atom is 0.159 e. The zero-order valence-corrected chi connectivity index (χ0v) is 21.3. The first kappa shape index (κ1) is 24.4. The first-order chi connectivity index (χ1) is 16.5. The normalized spacial score (nSPS) is 15.5. The van der Waals surface area contributed by atoms with Crippen molar-refractivity contribution >= 4 is 11.7 Å². The number of hydrogen-bond donors (Lipinski definition) is 0. The highest BCUT2D eigenvalue weighted by Gasteiger charge is 2.16. The van der Waals surface area contributed by atoms with Crippen LogP contribution in [0.25, 0.3) is 11.7 Å². The van der Waals surface area contributed by atoms with Crippen molar-refractivity contribution in [2.45, 2.75) is 47.0 Å². The topological polar surface area (TPSA) is 36.7 Å². The average Bonchev–Trinajstić information content (AvgIpc) is 3.19. The van der Waals surface area contributed by atoms with Crippen molar-refractivity contribution in [1.82, 2.24) is 24.4 Å². The third kappa shape index (κ3) is 5.83. The molecule has 2 aromatic heterocycles. The molecule has 0 bridgehead atoms. The molecule has 180 valence electrons. The number of piperazine rings is 1. The number of aryl methyl sites for hydroxylation is 3. The lowest BCUT2D eigenvalue weighted by atomic mass is 10.0. The van der Waals surface area contributed by atoms with Gasteiger partial charge in [0.25, 0.3) is 0 Å². The first-order valence-corrected chi connectivity index (χ1v) is 12.7. The molecule has 4 rings (SSSR count). The Morgan fingerprint density at radius 3 is 2.41 bits per heavy atom. The largest absolute Gasteiger partial charge is 0.297 e. The Hall–Kier alpha value is -2.76. The molecule has 5 heteroatoms. The van der Waals surface area contributed by atoms with Crippen LogP contribution in [0.5, 0.6) is 0 Å². The van der Waals surface area contributed by atoms with Crippen LogP contribution in [-0.4, -0.2) is 63.7 Å². The van der Waals surface area contributed by atoms with Crippen LogP contribution in [-0.2, 0) is 12.8 Å². The standard InChI is InChI=1S/C29H39N5/c1-6-22(3)21-33-17-15-32(16-18-33)14-8-9-25-10-12-26(13-11-25)20-27-28(7-2)31-34-24(5)19-23(4)30-29(27)34/h8-13,19H,3,6-7,14-18,20-21H2,1-2,4-5H3/b9-8+. The second-order valence-corrected chi connectivity index (χ2v) is 9.55. The van der Waals surface area contributed by atoms with Gasteiger partial charge >= 0.3 is 0 Å². The van der Waals surface area contributed by atoms with Crippen LogP contribution in [0.15, 0.2) is 48.6 Å². The Bertz CT molecular complexity index is 1150. The van der Waals surface area contributed by atoms with Gasteiger partial charge in [0.05, 0.1) is 5.69 Å². The van der Waals surface area contributed by atoms with Crippen molar-refractivity contribution < 1.29 is 0 Å². The molecule has 0 saturated carbocycles. The van der Waals surface area contributed by atoms with E-state index in [2.05, 4.69) is 86.6 Å². The molecule has 3 aromatic rings. The molecule has 0 N–H and O–H groups in total. The summed E-state index contributed by atoms with van der Waals surface area (Å²) in [4.78, 5) is 9.86. The van der Waals surface area contributed by atoms with E-state index in [0.717, 1.165) is 81.3 Å². The molecule has 0 aliphatic carbocycles. The van der Waals surface area contributed by atoms with E-state index in [-0.39, 0.29) is 0 Å². The van der Waals surface area contributed by atoms with Crippen molar-refractivity contribution in [3.63, 3.8) is 0 Å². The zero-order chi connectivity index (χ0) is 24.1. The summed E-state index contributed by atoms with van der Waals surface area (Å²) in [5.41, 5.74) is 9.46. The van der Waals surface area contributed by atoms with Gasteiger partial charge in [0.1, 0.15) is 0 Å². The fourth-order valence-electron chi connectivity index (χ4n) is 4.72. The van der Waals surface area contributed by atoms with Gasteiger partial charge in [-0.1, -0.05) is 62.4 Å². The van der Waals surface area contributed by atoms with E-state index < -0.39 is 0 Å². The summed E-state index contributed by atoms with van der Waals surface area (Å²) in [5, 5.41) is 4.82. The van der Waals surface area contributed by atoms with E-state index in [4.69, 9.17) is 10.1 Å². The fraction of sp³-hybridized carbons (Fsp3) is 0.448. The summed E-state index contributed by atoms with van der Waals surface area (Å²) in [6, 6.07) is 11.0. The lowest BCUT2D eigenvalue weighted by Gasteiger charge is -2.34. The Balaban J connectivity index is 1.35. The van der Waals surface area contributed by atoms with E-state index in [9.17, 15) is 0 Å². The summed E-state index contributed by atoms with van der Waals surface area (Å²) in [5.74, 6) is 0. The minimum Gasteiger partial charge on any atom is -0.297 e. The maximum atomic E-state index is 4.82. The molecule has 1 saturated heterocycles. The SMILES string of the molecule is C=C(CC)CN1CCN(C/C=C/c2ccc(Cc3c(CC)nn4c(C)cc(C)nc34)cc2)CC1. The molecule has 3 heterocycles. The number of benzene rings is 1. The van der Waals surface area contributed by atoms with Crippen molar-refractivity contribution in [2.75, 3.05) is 39.3 Å². The summed E-state index contributed by atoms with van der Waals surface area (Å²) in [7, 11) is 0. The molecule has 0 atom stereocenters. The van der Waals surface area contributed by atoms with Crippen LogP contribution in [0.4, 0.5) is 0 Å². The molecule has 5 nitrogen and oxygen atoms in total. The quantitative estimate of drug-likeness (QED) is 0.419. The van der Waals surface area contributed by atoms with Gasteiger partial charge < -0.3 is 0 Å². The lowest BCUT2D eigenvalue weighted by Crippen LogP contribution is -2.46. The van der Waals surface area contributed by atoms with E-state index in [1.165, 1.54) is 22.3 Å². The van der Waals surface area contributed by atoms with E-state index >= 15 is 0 Å². The fourth-order valence-corrected chi connectivity index (χ4v) is 4.72. The minimum atomic E-state index is 0.862. The smallest absolute Gasteiger partial charge is 0.159 e. The second kappa shape index (κ2) is 11.1. The van der Waals surface area contributed by atoms with Gasteiger partial charge in [-0.2, -0.15) is 5.10 Å². The molecule has 1 fully saturated rings. The zero-order valence-electron chi connectivity index (χ0n) is 21.3.